The fourth-order valence-electron chi connectivity index (χ4n) is 3.06. The summed E-state index contributed by atoms with van der Waals surface area (Å²) in [6, 6.07) is 1.28. The molecule has 1 aromatic carbocycles. The van der Waals surface area contributed by atoms with Crippen molar-refractivity contribution in [2.45, 2.75) is 29.5 Å². The van der Waals surface area contributed by atoms with Crippen LogP contribution in [0.4, 0.5) is 0 Å². The van der Waals surface area contributed by atoms with Crippen LogP contribution in [0.3, 0.4) is 0 Å². The smallest absolute Gasteiger partial charge is 0.328 e. The predicted molar refractivity (Wildman–Crippen MR) is 98.0 cm³/mol. The van der Waals surface area contributed by atoms with E-state index in [9.17, 15) is 29.7 Å². The Morgan fingerprint density at radius 2 is 2.11 bits per heavy atom. The van der Waals surface area contributed by atoms with Crippen LogP contribution in [-0.2, 0) is 9.59 Å². The second-order valence-corrected chi connectivity index (χ2v) is 8.41. The molecule has 0 unspecified atom stereocenters. The standard InChI is InChI=1S/C16H16ClN3O6S/c1-16(13(15(25)26)20-9(22)5-10(20)27-16)6-18-19(2)14(24)7-3-4-8(21)12(23)11(7)17/h3-4,6,10,13,21,23H,5H2,1-2H3,(H,25,26)/b18-6+/t10-,13+,16+/m1/s1. The molecule has 2 saturated heterocycles. The Hall–Kier alpha value is -2.46. The van der Waals surface area contributed by atoms with Gasteiger partial charge in [-0.3, -0.25) is 9.59 Å². The first-order chi connectivity index (χ1) is 12.6. The van der Waals surface area contributed by atoms with Crippen LogP contribution in [0.1, 0.15) is 23.7 Å². The number of aliphatic carboxylic acids is 1. The first-order valence-electron chi connectivity index (χ1n) is 7.82. The maximum atomic E-state index is 12.5. The number of hydrogen-bond acceptors (Lipinski definition) is 7. The third-order valence-electron chi connectivity index (χ3n) is 4.50. The monoisotopic (exact) mass is 413 g/mol. The van der Waals surface area contributed by atoms with Gasteiger partial charge in [-0.2, -0.15) is 5.10 Å². The Bertz CT molecular complexity index is 878. The largest absolute Gasteiger partial charge is 0.504 e. The summed E-state index contributed by atoms with van der Waals surface area (Å²) < 4.78 is -1.02. The zero-order valence-electron chi connectivity index (χ0n) is 14.3. The molecule has 3 atom stereocenters. The Kier molecular flexibility index (Phi) is 4.73. The summed E-state index contributed by atoms with van der Waals surface area (Å²) in [5, 5.41) is 33.0. The fraction of sp³-hybridized carbons (Fsp3) is 0.375. The van der Waals surface area contributed by atoms with Gasteiger partial charge in [-0.1, -0.05) is 11.6 Å². The first kappa shape index (κ1) is 19.3. The molecule has 144 valence electrons. The van der Waals surface area contributed by atoms with Crippen LogP contribution in [0.2, 0.25) is 5.02 Å². The minimum atomic E-state index is -1.15. The minimum absolute atomic E-state index is 0.0790. The van der Waals surface area contributed by atoms with Crippen molar-refractivity contribution in [1.82, 2.24) is 9.91 Å². The van der Waals surface area contributed by atoms with Crippen molar-refractivity contribution < 1.29 is 29.7 Å². The molecule has 0 radical (unpaired) electrons. The lowest BCUT2D eigenvalue weighted by Gasteiger charge is -2.36. The fourth-order valence-corrected chi connectivity index (χ4v) is 4.91. The van der Waals surface area contributed by atoms with Gasteiger partial charge >= 0.3 is 5.97 Å². The number of rotatable bonds is 4. The Labute approximate surface area is 163 Å². The van der Waals surface area contributed by atoms with Crippen LogP contribution in [0.5, 0.6) is 11.5 Å². The lowest BCUT2D eigenvalue weighted by atomic mass is 9.97. The number of carboxylic acids is 1. The summed E-state index contributed by atoms with van der Waals surface area (Å²) in [5.74, 6) is -3.12. The molecular weight excluding hydrogens is 398 g/mol. The summed E-state index contributed by atoms with van der Waals surface area (Å²) in [5.41, 5.74) is -0.0790. The van der Waals surface area contributed by atoms with Gasteiger partial charge in [0.1, 0.15) is 6.04 Å². The Morgan fingerprint density at radius 1 is 1.44 bits per heavy atom. The van der Waals surface area contributed by atoms with Crippen molar-refractivity contribution in [3.8, 4) is 11.5 Å². The molecule has 2 aliphatic rings. The molecule has 2 heterocycles. The number of carboxylic acid groups (broad SMARTS) is 1. The van der Waals surface area contributed by atoms with Gasteiger partial charge in [-0.15, -0.1) is 11.8 Å². The van der Waals surface area contributed by atoms with E-state index in [0.29, 0.717) is 0 Å². The number of hydrazone groups is 1. The van der Waals surface area contributed by atoms with E-state index < -0.39 is 34.2 Å². The zero-order chi connectivity index (χ0) is 20.1. The van der Waals surface area contributed by atoms with Crippen molar-refractivity contribution in [1.29, 1.82) is 0 Å². The highest BCUT2D eigenvalue weighted by Crippen LogP contribution is 2.50. The highest BCUT2D eigenvalue weighted by molar-refractivity contribution is 8.02. The van der Waals surface area contributed by atoms with E-state index in [1.54, 1.807) is 6.92 Å². The number of carbonyl (C=O) groups is 3. The molecule has 0 aromatic heterocycles. The van der Waals surface area contributed by atoms with E-state index in [-0.39, 0.29) is 28.3 Å². The van der Waals surface area contributed by atoms with Gasteiger partial charge in [0, 0.05) is 13.3 Å². The lowest BCUT2D eigenvalue weighted by molar-refractivity contribution is -0.156. The molecule has 27 heavy (non-hydrogen) atoms. The molecule has 2 aliphatic heterocycles. The second-order valence-electron chi connectivity index (χ2n) is 6.37. The highest BCUT2D eigenvalue weighted by atomic mass is 35.5. The lowest BCUT2D eigenvalue weighted by Crippen LogP contribution is -2.57. The van der Waals surface area contributed by atoms with Crippen molar-refractivity contribution in [2.75, 3.05) is 7.05 Å². The second kappa shape index (κ2) is 6.61. The van der Waals surface area contributed by atoms with Crippen LogP contribution in [0.25, 0.3) is 0 Å². The minimum Gasteiger partial charge on any atom is -0.504 e. The van der Waals surface area contributed by atoms with Crippen LogP contribution < -0.4 is 0 Å². The van der Waals surface area contributed by atoms with Crippen molar-refractivity contribution in [3.05, 3.63) is 22.7 Å². The van der Waals surface area contributed by atoms with Gasteiger partial charge in [0.25, 0.3) is 5.91 Å². The maximum Gasteiger partial charge on any atom is 0.328 e. The summed E-state index contributed by atoms with van der Waals surface area (Å²) >= 11 is 7.18. The van der Waals surface area contributed by atoms with E-state index in [2.05, 4.69) is 5.10 Å². The van der Waals surface area contributed by atoms with Gasteiger partial charge in [-0.05, 0) is 19.1 Å². The zero-order valence-corrected chi connectivity index (χ0v) is 15.9. The quantitative estimate of drug-likeness (QED) is 0.293. The van der Waals surface area contributed by atoms with E-state index in [1.807, 2.05) is 0 Å². The van der Waals surface area contributed by atoms with Crippen LogP contribution in [-0.4, -0.2) is 72.4 Å². The number of nitrogens with zero attached hydrogens (tertiary/aromatic N) is 3. The number of halogens is 1. The van der Waals surface area contributed by atoms with Gasteiger partial charge in [-0.25, -0.2) is 9.80 Å². The van der Waals surface area contributed by atoms with Crippen LogP contribution >= 0.6 is 23.4 Å². The number of amides is 2. The van der Waals surface area contributed by atoms with Gasteiger partial charge in [0.15, 0.2) is 11.5 Å². The Morgan fingerprint density at radius 3 is 2.70 bits per heavy atom. The number of carbonyl (C=O) groups excluding carboxylic acids is 2. The molecule has 3 N–H and O–H groups in total. The van der Waals surface area contributed by atoms with Gasteiger partial charge < -0.3 is 20.2 Å². The third-order valence-corrected chi connectivity index (χ3v) is 6.38. The molecule has 3 rings (SSSR count). The first-order valence-corrected chi connectivity index (χ1v) is 9.08. The average Bonchev–Trinajstić information content (AvgIpc) is 2.85. The molecule has 0 spiro atoms. The maximum absolute atomic E-state index is 12.5. The third kappa shape index (κ3) is 3.08. The van der Waals surface area contributed by atoms with E-state index in [1.165, 1.54) is 36.0 Å². The highest BCUT2D eigenvalue weighted by Gasteiger charge is 2.60. The molecular formula is C16H16ClN3O6S. The van der Waals surface area contributed by atoms with E-state index >= 15 is 0 Å². The topological polar surface area (TPSA) is 131 Å². The van der Waals surface area contributed by atoms with Gasteiger partial charge in [0.05, 0.1) is 27.1 Å². The molecule has 9 nitrogen and oxygen atoms in total. The summed E-state index contributed by atoms with van der Waals surface area (Å²) in [4.78, 5) is 37.2. The van der Waals surface area contributed by atoms with Crippen molar-refractivity contribution >= 4 is 47.4 Å². The van der Waals surface area contributed by atoms with E-state index in [4.69, 9.17) is 11.6 Å². The average molecular weight is 414 g/mol. The summed E-state index contributed by atoms with van der Waals surface area (Å²) in [7, 11) is 1.35. The van der Waals surface area contributed by atoms with E-state index in [0.717, 1.165) is 11.1 Å². The molecule has 2 fully saturated rings. The number of benzene rings is 1. The number of thioether (sulfide) groups is 1. The number of phenols is 2. The Balaban J connectivity index is 1.83. The predicted octanol–water partition coefficient (Wildman–Crippen LogP) is 1.33. The molecule has 11 heteroatoms. The molecule has 1 aromatic rings. The molecule has 0 bridgehead atoms. The molecule has 0 aliphatic carbocycles. The SMILES string of the molecule is CN(/N=C/[C@]1(C)S[C@@H]2CC(=O)N2[C@H]1C(=O)O)C(=O)c1ccc(O)c(O)c1Cl. The van der Waals surface area contributed by atoms with Crippen LogP contribution in [0, 0.1) is 0 Å². The number of hydrogen-bond donors (Lipinski definition) is 3. The summed E-state index contributed by atoms with van der Waals surface area (Å²) in [6.45, 7) is 1.64. The summed E-state index contributed by atoms with van der Waals surface area (Å²) in [6.07, 6.45) is 1.60. The van der Waals surface area contributed by atoms with Gasteiger partial charge in [0.2, 0.25) is 5.91 Å². The van der Waals surface area contributed by atoms with Crippen LogP contribution in [0.15, 0.2) is 17.2 Å². The van der Waals surface area contributed by atoms with Crippen molar-refractivity contribution in [2.24, 2.45) is 5.10 Å². The van der Waals surface area contributed by atoms with Crippen molar-refractivity contribution in [3.63, 3.8) is 0 Å². The normalized spacial score (nSPS) is 26.8. The molecule has 0 saturated carbocycles. The molecule has 2 amide bonds. The number of aromatic hydroxyl groups is 2. The number of β-lactam (4-membered cyclic amide) rings is 1. The number of fused-ring (bicyclic) bond motifs is 1. The number of phenolic OH excluding ortho intramolecular Hbond substituents is 2.